The fourth-order valence-corrected chi connectivity index (χ4v) is 2.65. The van der Waals surface area contributed by atoms with Crippen molar-refractivity contribution in [1.82, 2.24) is 0 Å². The first-order chi connectivity index (χ1) is 12.2. The molecule has 3 rings (SSSR count). The van der Waals surface area contributed by atoms with E-state index in [0.717, 1.165) is 16.8 Å². The van der Waals surface area contributed by atoms with Crippen molar-refractivity contribution in [3.05, 3.63) is 78.2 Å². The van der Waals surface area contributed by atoms with Crippen LogP contribution in [0, 0.1) is 12.7 Å². The van der Waals surface area contributed by atoms with Crippen molar-refractivity contribution in [3.63, 3.8) is 0 Å². The summed E-state index contributed by atoms with van der Waals surface area (Å²) >= 11 is 0. The lowest BCUT2D eigenvalue weighted by Crippen LogP contribution is -2.31. The van der Waals surface area contributed by atoms with Gasteiger partial charge in [-0.25, -0.2) is 8.96 Å². The predicted molar refractivity (Wildman–Crippen MR) is 106 cm³/mol. The maximum Gasteiger partial charge on any atom is 0.215 e. The van der Waals surface area contributed by atoms with Crippen LogP contribution in [0.2, 0.25) is 0 Å². The molecule has 1 aromatic heterocycles. The second-order valence-corrected chi connectivity index (χ2v) is 5.21. The van der Waals surface area contributed by atoms with Crippen molar-refractivity contribution in [2.45, 2.75) is 34.6 Å². The van der Waals surface area contributed by atoms with Gasteiger partial charge in [0.15, 0.2) is 6.20 Å². The highest BCUT2D eigenvalue weighted by Crippen LogP contribution is 2.27. The van der Waals surface area contributed by atoms with Crippen LogP contribution in [0.5, 0.6) is 0 Å². The standard InChI is InChI=1S/C19H17FN.2C2H6/c1-14-13-21(2)19(16-10-6-7-11-18(16)20)12-17(14)15-8-4-3-5-9-15;2*1-2/h3-13H,1-2H3;2*1-2H3/q+1;;. The zero-order valence-corrected chi connectivity index (χ0v) is 16.2. The SMILES string of the molecule is CC.CC.Cc1c[n+](C)c(-c2ccccc2F)cc1-c1ccccc1. The molecule has 1 nitrogen and oxygen atoms in total. The van der Waals surface area contributed by atoms with E-state index in [9.17, 15) is 4.39 Å². The first kappa shape index (κ1) is 20.6. The topological polar surface area (TPSA) is 3.88 Å². The molecule has 0 radical (unpaired) electrons. The number of halogens is 1. The van der Waals surface area contributed by atoms with E-state index < -0.39 is 0 Å². The molecule has 0 bridgehead atoms. The smallest absolute Gasteiger partial charge is 0.206 e. The average Bonchev–Trinajstić information content (AvgIpc) is 2.67. The Kier molecular flexibility index (Phi) is 8.55. The van der Waals surface area contributed by atoms with Crippen LogP contribution in [0.1, 0.15) is 33.3 Å². The molecular weight excluding hydrogens is 309 g/mol. The summed E-state index contributed by atoms with van der Waals surface area (Å²) in [4.78, 5) is 0. The molecule has 0 fully saturated rings. The quantitative estimate of drug-likeness (QED) is 0.480. The lowest BCUT2D eigenvalue weighted by atomic mass is 9.99. The lowest BCUT2D eigenvalue weighted by Gasteiger charge is -2.08. The van der Waals surface area contributed by atoms with Crippen LogP contribution in [-0.2, 0) is 7.05 Å². The molecule has 0 aliphatic carbocycles. The van der Waals surface area contributed by atoms with Gasteiger partial charge in [-0.2, -0.15) is 0 Å². The number of aryl methyl sites for hydroxylation is 2. The van der Waals surface area contributed by atoms with Gasteiger partial charge in [-0.3, -0.25) is 0 Å². The number of aromatic nitrogens is 1. The molecule has 0 spiro atoms. The normalized spacial score (nSPS) is 9.40. The fraction of sp³-hybridized carbons (Fsp3) is 0.261. The van der Waals surface area contributed by atoms with Crippen molar-refractivity contribution in [2.24, 2.45) is 7.05 Å². The van der Waals surface area contributed by atoms with Crippen LogP contribution in [0.4, 0.5) is 4.39 Å². The van der Waals surface area contributed by atoms with Gasteiger partial charge in [0.05, 0.1) is 5.56 Å². The Bertz CT molecular complexity index is 779. The molecule has 0 aliphatic rings. The highest BCUT2D eigenvalue weighted by atomic mass is 19.1. The minimum Gasteiger partial charge on any atom is -0.206 e. The summed E-state index contributed by atoms with van der Waals surface area (Å²) in [5, 5.41) is 0. The summed E-state index contributed by atoms with van der Waals surface area (Å²) in [6, 6.07) is 19.1. The Morgan fingerprint density at radius 2 is 1.32 bits per heavy atom. The molecular formula is C23H29FN+. The van der Waals surface area contributed by atoms with Crippen molar-refractivity contribution in [1.29, 1.82) is 0 Å². The number of hydrogen-bond donors (Lipinski definition) is 0. The Balaban J connectivity index is 0.000000730. The third kappa shape index (κ3) is 4.99. The van der Waals surface area contributed by atoms with Gasteiger partial charge in [-0.1, -0.05) is 70.2 Å². The molecule has 25 heavy (non-hydrogen) atoms. The second kappa shape index (κ2) is 10.4. The largest absolute Gasteiger partial charge is 0.215 e. The van der Waals surface area contributed by atoms with Crippen molar-refractivity contribution < 1.29 is 8.96 Å². The van der Waals surface area contributed by atoms with Gasteiger partial charge < -0.3 is 0 Å². The van der Waals surface area contributed by atoms with E-state index in [-0.39, 0.29) is 5.82 Å². The Hall–Kier alpha value is -2.48. The molecule has 0 atom stereocenters. The van der Waals surface area contributed by atoms with Crippen LogP contribution >= 0.6 is 0 Å². The Morgan fingerprint density at radius 3 is 1.92 bits per heavy atom. The predicted octanol–water partition coefficient (Wildman–Crippen LogP) is 6.35. The van der Waals surface area contributed by atoms with Crippen molar-refractivity contribution in [2.75, 3.05) is 0 Å². The van der Waals surface area contributed by atoms with E-state index in [1.54, 1.807) is 6.07 Å². The molecule has 0 unspecified atom stereocenters. The summed E-state index contributed by atoms with van der Waals surface area (Å²) in [7, 11) is 1.95. The van der Waals surface area contributed by atoms with Gasteiger partial charge in [0.1, 0.15) is 12.9 Å². The number of pyridine rings is 1. The summed E-state index contributed by atoms with van der Waals surface area (Å²) in [6.07, 6.45) is 2.05. The first-order valence-electron chi connectivity index (χ1n) is 8.97. The van der Waals surface area contributed by atoms with E-state index in [1.807, 2.05) is 75.8 Å². The minimum atomic E-state index is -0.198. The highest BCUT2D eigenvalue weighted by Gasteiger charge is 2.17. The van der Waals surface area contributed by atoms with Gasteiger partial charge in [0.25, 0.3) is 0 Å². The number of rotatable bonds is 2. The summed E-state index contributed by atoms with van der Waals surface area (Å²) < 4.78 is 16.0. The second-order valence-electron chi connectivity index (χ2n) is 5.21. The lowest BCUT2D eigenvalue weighted by molar-refractivity contribution is -0.660. The number of nitrogens with zero attached hydrogens (tertiary/aromatic N) is 1. The molecule has 0 amide bonds. The molecule has 0 saturated carbocycles. The zero-order valence-electron chi connectivity index (χ0n) is 16.2. The van der Waals surface area contributed by atoms with Crippen molar-refractivity contribution >= 4 is 0 Å². The van der Waals surface area contributed by atoms with E-state index >= 15 is 0 Å². The van der Waals surface area contributed by atoms with Crippen LogP contribution in [0.25, 0.3) is 22.4 Å². The van der Waals surface area contributed by atoms with Gasteiger partial charge >= 0.3 is 0 Å². The minimum absolute atomic E-state index is 0.198. The molecule has 2 heteroatoms. The van der Waals surface area contributed by atoms with Gasteiger partial charge in [-0.05, 0) is 30.2 Å². The van der Waals surface area contributed by atoms with Crippen LogP contribution in [0.3, 0.4) is 0 Å². The molecule has 0 N–H and O–H groups in total. The third-order valence-electron chi connectivity index (χ3n) is 3.71. The first-order valence-corrected chi connectivity index (χ1v) is 8.97. The number of benzene rings is 2. The summed E-state index contributed by atoms with van der Waals surface area (Å²) in [5.41, 5.74) is 4.94. The highest BCUT2D eigenvalue weighted by molar-refractivity contribution is 5.71. The van der Waals surface area contributed by atoms with E-state index in [1.165, 1.54) is 11.6 Å². The Labute approximate surface area is 151 Å². The zero-order chi connectivity index (χ0) is 18.8. The molecule has 0 aliphatic heterocycles. The third-order valence-corrected chi connectivity index (χ3v) is 3.71. The molecule has 1 heterocycles. The van der Waals surface area contributed by atoms with Gasteiger partial charge in [-0.15, -0.1) is 0 Å². The summed E-state index contributed by atoms with van der Waals surface area (Å²) in [5.74, 6) is -0.198. The number of hydrogen-bond acceptors (Lipinski definition) is 0. The van der Waals surface area contributed by atoms with Crippen LogP contribution < -0.4 is 4.57 Å². The van der Waals surface area contributed by atoms with E-state index in [0.29, 0.717) is 5.56 Å². The average molecular weight is 338 g/mol. The monoisotopic (exact) mass is 338 g/mol. The van der Waals surface area contributed by atoms with Crippen molar-refractivity contribution in [3.8, 4) is 22.4 Å². The van der Waals surface area contributed by atoms with E-state index in [4.69, 9.17) is 0 Å². The summed E-state index contributed by atoms with van der Waals surface area (Å²) in [6.45, 7) is 10.1. The fourth-order valence-electron chi connectivity index (χ4n) is 2.65. The molecule has 0 saturated heterocycles. The maximum absolute atomic E-state index is 14.1. The molecule has 2 aromatic carbocycles. The van der Waals surface area contributed by atoms with Gasteiger partial charge in [0.2, 0.25) is 5.69 Å². The van der Waals surface area contributed by atoms with Gasteiger partial charge in [0, 0.05) is 11.6 Å². The molecule has 132 valence electrons. The van der Waals surface area contributed by atoms with Crippen LogP contribution in [0.15, 0.2) is 66.9 Å². The molecule has 3 aromatic rings. The Morgan fingerprint density at radius 1 is 0.760 bits per heavy atom. The van der Waals surface area contributed by atoms with E-state index in [2.05, 4.69) is 25.1 Å². The van der Waals surface area contributed by atoms with Crippen LogP contribution in [-0.4, -0.2) is 0 Å². The maximum atomic E-state index is 14.1.